The molecule has 0 bridgehead atoms. The molecule has 1 heterocycles. The molecule has 1 aromatic heterocycles. The van der Waals surface area contributed by atoms with Crippen molar-refractivity contribution in [3.63, 3.8) is 0 Å². The number of nitrogens with two attached hydrogens (primary N) is 1. The van der Waals surface area contributed by atoms with Gasteiger partial charge < -0.3 is 31.2 Å². The molecule has 4 amide bonds. The monoisotopic (exact) mass is 513 g/mol. The standard InChI is InChI=1S/C17H27N5O6S.C2H3F3/c1-5-27-13(24)11-9-20-15(29-11)22-12(23)10(7-6-8-19-14(18)25)21-16(26)28-17(2,3)4;1-2(3,4)5/h9-10H,5-8H2,1-4H3,(H,21,26)(H3,18,19,25)(H,20,22,23);1H3/t10-;/m1./s1. The van der Waals surface area contributed by atoms with E-state index in [2.05, 4.69) is 20.9 Å². The van der Waals surface area contributed by atoms with Gasteiger partial charge >= 0.3 is 24.3 Å². The number of nitrogens with one attached hydrogen (secondary N) is 3. The first kappa shape index (κ1) is 30.9. The number of hydrogen-bond donors (Lipinski definition) is 4. The van der Waals surface area contributed by atoms with Crippen molar-refractivity contribution < 1.29 is 41.8 Å². The molecule has 0 saturated heterocycles. The Morgan fingerprint density at radius 2 is 1.76 bits per heavy atom. The number of alkyl carbamates (subject to hydrolysis) is 1. The van der Waals surface area contributed by atoms with Crippen LogP contribution >= 0.6 is 11.3 Å². The molecule has 0 radical (unpaired) electrons. The second-order valence-electron chi connectivity index (χ2n) is 7.65. The zero-order valence-corrected chi connectivity index (χ0v) is 20.3. The van der Waals surface area contributed by atoms with E-state index < -0.39 is 41.8 Å². The summed E-state index contributed by atoms with van der Waals surface area (Å²) >= 11 is 0.953. The first-order valence-corrected chi connectivity index (χ1v) is 10.9. The fourth-order valence-electron chi connectivity index (χ4n) is 2.06. The third kappa shape index (κ3) is 16.5. The number of alkyl halides is 3. The molecule has 15 heteroatoms. The van der Waals surface area contributed by atoms with E-state index in [0.717, 1.165) is 11.3 Å². The molecule has 0 unspecified atom stereocenters. The Kier molecular flexibility index (Phi) is 12.9. The molecule has 0 aromatic carbocycles. The highest BCUT2D eigenvalue weighted by Crippen LogP contribution is 2.19. The number of esters is 1. The molecule has 1 aromatic rings. The van der Waals surface area contributed by atoms with Gasteiger partial charge in [-0.25, -0.2) is 19.4 Å². The summed E-state index contributed by atoms with van der Waals surface area (Å²) in [7, 11) is 0. The van der Waals surface area contributed by atoms with Crippen LogP contribution in [-0.4, -0.2) is 60.0 Å². The Morgan fingerprint density at radius 3 is 2.26 bits per heavy atom. The Labute approximate surface area is 198 Å². The molecule has 0 aliphatic heterocycles. The Morgan fingerprint density at radius 1 is 1.18 bits per heavy atom. The number of anilines is 1. The largest absolute Gasteiger partial charge is 0.462 e. The van der Waals surface area contributed by atoms with Gasteiger partial charge in [-0.05, 0) is 40.5 Å². The topological polar surface area (TPSA) is 162 Å². The minimum Gasteiger partial charge on any atom is -0.462 e. The maximum absolute atomic E-state index is 12.6. The van der Waals surface area contributed by atoms with Crippen molar-refractivity contribution >= 4 is 40.5 Å². The Bertz CT molecular complexity index is 820. The molecule has 1 atom stereocenters. The van der Waals surface area contributed by atoms with Gasteiger partial charge in [-0.3, -0.25) is 4.79 Å². The van der Waals surface area contributed by atoms with Crippen LogP contribution in [0.5, 0.6) is 0 Å². The number of urea groups is 1. The van der Waals surface area contributed by atoms with E-state index in [-0.39, 0.29) is 36.5 Å². The number of amides is 4. The van der Waals surface area contributed by atoms with Gasteiger partial charge in [-0.1, -0.05) is 11.3 Å². The SMILES string of the molecule is CC(F)(F)F.CCOC(=O)c1cnc(NC(=O)[C@@H](CCCNC(N)=O)NC(=O)OC(C)(C)C)s1. The molecule has 0 saturated carbocycles. The van der Waals surface area contributed by atoms with E-state index in [9.17, 15) is 32.3 Å². The summed E-state index contributed by atoms with van der Waals surface area (Å²) in [4.78, 5) is 51.3. The van der Waals surface area contributed by atoms with Gasteiger partial charge in [0.15, 0.2) is 5.13 Å². The molecule has 0 aliphatic carbocycles. The van der Waals surface area contributed by atoms with Crippen LogP contribution in [0.2, 0.25) is 0 Å². The summed E-state index contributed by atoms with van der Waals surface area (Å²) in [6.45, 7) is 7.43. The normalized spacial score (nSPS) is 11.9. The first-order chi connectivity index (χ1) is 15.5. The number of carbonyl (C=O) groups excluding carboxylic acids is 4. The minimum atomic E-state index is -4.00. The average Bonchev–Trinajstić information content (AvgIpc) is 3.10. The second kappa shape index (κ2) is 14.2. The van der Waals surface area contributed by atoms with Crippen LogP contribution < -0.4 is 21.7 Å². The highest BCUT2D eigenvalue weighted by atomic mass is 32.1. The summed E-state index contributed by atoms with van der Waals surface area (Å²) in [6, 6.07) is -1.63. The summed E-state index contributed by atoms with van der Waals surface area (Å²) in [6.07, 6.45) is -2.87. The summed E-state index contributed by atoms with van der Waals surface area (Å²) in [5.41, 5.74) is 4.27. The van der Waals surface area contributed by atoms with Gasteiger partial charge in [-0.2, -0.15) is 13.2 Å². The number of ether oxygens (including phenoxy) is 2. The number of rotatable bonds is 9. The number of aromatic nitrogens is 1. The number of hydrogen-bond acceptors (Lipinski definition) is 8. The van der Waals surface area contributed by atoms with Gasteiger partial charge in [0.25, 0.3) is 0 Å². The van der Waals surface area contributed by atoms with Gasteiger partial charge in [0.05, 0.1) is 12.8 Å². The third-order valence-electron chi connectivity index (χ3n) is 3.19. The van der Waals surface area contributed by atoms with Gasteiger partial charge in [0.2, 0.25) is 5.91 Å². The van der Waals surface area contributed by atoms with Gasteiger partial charge in [0.1, 0.15) is 16.5 Å². The van der Waals surface area contributed by atoms with Crippen LogP contribution in [0.25, 0.3) is 0 Å². The number of primary amides is 1. The van der Waals surface area contributed by atoms with Crippen LogP contribution in [0.15, 0.2) is 6.20 Å². The van der Waals surface area contributed by atoms with E-state index in [0.29, 0.717) is 6.42 Å². The summed E-state index contributed by atoms with van der Waals surface area (Å²) < 4.78 is 41.1. The number of halogens is 3. The lowest BCUT2D eigenvalue weighted by Gasteiger charge is -2.23. The van der Waals surface area contributed by atoms with E-state index in [4.69, 9.17) is 15.2 Å². The molecule has 11 nitrogen and oxygen atoms in total. The molecular formula is C19H30F3N5O6S. The lowest BCUT2D eigenvalue weighted by atomic mass is 10.1. The van der Waals surface area contributed by atoms with Crippen molar-refractivity contribution in [2.75, 3.05) is 18.5 Å². The van der Waals surface area contributed by atoms with Gasteiger partial charge in [-0.15, -0.1) is 0 Å². The Hall–Kier alpha value is -3.10. The fourth-order valence-corrected chi connectivity index (χ4v) is 2.77. The lowest BCUT2D eigenvalue weighted by molar-refractivity contribution is -0.118. The number of thiazole rings is 1. The second-order valence-corrected chi connectivity index (χ2v) is 8.68. The highest BCUT2D eigenvalue weighted by Gasteiger charge is 2.25. The van der Waals surface area contributed by atoms with Crippen LogP contribution in [0, 0.1) is 0 Å². The predicted octanol–water partition coefficient (Wildman–Crippen LogP) is 3.17. The quantitative estimate of drug-likeness (QED) is 0.291. The maximum Gasteiger partial charge on any atom is 0.408 e. The number of carbonyl (C=O) groups is 4. The van der Waals surface area contributed by atoms with Crippen LogP contribution in [0.3, 0.4) is 0 Å². The third-order valence-corrected chi connectivity index (χ3v) is 4.08. The molecule has 34 heavy (non-hydrogen) atoms. The minimum absolute atomic E-state index is 0.185. The fraction of sp³-hybridized carbons (Fsp3) is 0.632. The highest BCUT2D eigenvalue weighted by molar-refractivity contribution is 7.17. The molecular weight excluding hydrogens is 483 g/mol. The Balaban J connectivity index is 0.00000196. The average molecular weight is 514 g/mol. The zero-order chi connectivity index (χ0) is 26.5. The molecule has 0 fully saturated rings. The van der Waals surface area contributed by atoms with Gasteiger partial charge in [0, 0.05) is 13.5 Å². The molecule has 0 aliphatic rings. The predicted molar refractivity (Wildman–Crippen MR) is 118 cm³/mol. The summed E-state index contributed by atoms with van der Waals surface area (Å²) in [5.74, 6) is -1.08. The van der Waals surface area contributed by atoms with Crippen molar-refractivity contribution in [1.29, 1.82) is 0 Å². The van der Waals surface area contributed by atoms with Crippen LogP contribution in [0.4, 0.5) is 27.9 Å². The zero-order valence-electron chi connectivity index (χ0n) is 19.5. The molecule has 194 valence electrons. The van der Waals surface area contributed by atoms with Crippen molar-refractivity contribution in [2.45, 2.75) is 65.3 Å². The van der Waals surface area contributed by atoms with Crippen LogP contribution in [0.1, 0.15) is 57.1 Å². The lowest BCUT2D eigenvalue weighted by Crippen LogP contribution is -2.46. The molecule has 5 N–H and O–H groups in total. The molecule has 1 rings (SSSR count). The maximum atomic E-state index is 12.6. The van der Waals surface area contributed by atoms with E-state index >= 15 is 0 Å². The van der Waals surface area contributed by atoms with Crippen molar-refractivity contribution in [3.8, 4) is 0 Å². The summed E-state index contributed by atoms with van der Waals surface area (Å²) in [5, 5.41) is 7.65. The smallest absolute Gasteiger partial charge is 0.408 e. The van der Waals surface area contributed by atoms with Crippen LogP contribution in [-0.2, 0) is 14.3 Å². The van der Waals surface area contributed by atoms with Crippen molar-refractivity contribution in [3.05, 3.63) is 11.1 Å². The molecule has 0 spiro atoms. The first-order valence-electron chi connectivity index (χ1n) is 10.0. The van der Waals surface area contributed by atoms with E-state index in [1.807, 2.05) is 0 Å². The van der Waals surface area contributed by atoms with Crippen molar-refractivity contribution in [1.82, 2.24) is 15.6 Å². The number of nitrogens with zero attached hydrogens (tertiary/aromatic N) is 1. The van der Waals surface area contributed by atoms with E-state index in [1.165, 1.54) is 6.20 Å². The van der Waals surface area contributed by atoms with Crippen molar-refractivity contribution in [2.24, 2.45) is 5.73 Å². The van der Waals surface area contributed by atoms with E-state index in [1.54, 1.807) is 27.7 Å².